The van der Waals surface area contributed by atoms with Crippen molar-refractivity contribution in [2.75, 3.05) is 22.5 Å². The lowest BCUT2D eigenvalue weighted by Gasteiger charge is -2.18. The van der Waals surface area contributed by atoms with Crippen LogP contribution in [0.5, 0.6) is 0 Å². The standard InChI is InChI=1S/C31H32ClN7O3/c1-2-28(40)37-26-15-8-9-16-27(26)38-29-25(32)21-35-30(39-29)36-23-17-19-33-22(20-23)12-10-11-18-34-31(41)42-24-13-6-4-3-5-7-14-24/h2-4,8-9,15-17,19-21,24H,1,5-7,11,13-14,18H2,(H,34,41)(H,37,40)(H2,33,35,36,38,39)/b4-3+. The third-order valence-corrected chi connectivity index (χ3v) is 6.39. The van der Waals surface area contributed by atoms with Gasteiger partial charge in [0.25, 0.3) is 0 Å². The van der Waals surface area contributed by atoms with Crippen LogP contribution in [0.4, 0.5) is 33.6 Å². The van der Waals surface area contributed by atoms with Crippen molar-refractivity contribution in [2.24, 2.45) is 0 Å². The van der Waals surface area contributed by atoms with Gasteiger partial charge in [0.1, 0.15) is 16.8 Å². The molecule has 10 nitrogen and oxygen atoms in total. The molecule has 1 aliphatic carbocycles. The number of nitrogens with one attached hydrogen (secondary N) is 4. The fourth-order valence-electron chi connectivity index (χ4n) is 4.05. The number of ether oxygens (including phenoxy) is 1. The van der Waals surface area contributed by atoms with Gasteiger partial charge in [-0.2, -0.15) is 4.98 Å². The zero-order valence-corrected chi connectivity index (χ0v) is 23.8. The Morgan fingerprint density at radius 2 is 1.93 bits per heavy atom. The van der Waals surface area contributed by atoms with Gasteiger partial charge >= 0.3 is 6.09 Å². The summed E-state index contributed by atoms with van der Waals surface area (Å²) in [5.74, 6) is 6.33. The van der Waals surface area contributed by atoms with E-state index >= 15 is 0 Å². The first-order chi connectivity index (χ1) is 20.5. The molecule has 42 heavy (non-hydrogen) atoms. The first-order valence-electron chi connectivity index (χ1n) is 13.6. The van der Waals surface area contributed by atoms with Crippen molar-refractivity contribution >= 4 is 52.4 Å². The molecular weight excluding hydrogens is 554 g/mol. The summed E-state index contributed by atoms with van der Waals surface area (Å²) in [5, 5.41) is 12.1. The number of carbonyl (C=O) groups is 2. The lowest BCUT2D eigenvalue weighted by atomic mass is 10.0. The quantitative estimate of drug-likeness (QED) is 0.0969. The number of halogens is 1. The minimum absolute atomic E-state index is 0.0437. The number of para-hydroxylation sites is 2. The van der Waals surface area contributed by atoms with Crippen LogP contribution in [0.25, 0.3) is 0 Å². The third kappa shape index (κ3) is 9.64. The van der Waals surface area contributed by atoms with E-state index in [9.17, 15) is 9.59 Å². The number of nitrogens with zero attached hydrogens (tertiary/aromatic N) is 3. The Hall–Kier alpha value is -4.88. The van der Waals surface area contributed by atoms with E-state index in [-0.39, 0.29) is 12.0 Å². The molecule has 1 atom stereocenters. The highest BCUT2D eigenvalue weighted by atomic mass is 35.5. The van der Waals surface area contributed by atoms with Crippen molar-refractivity contribution in [3.63, 3.8) is 0 Å². The Morgan fingerprint density at radius 3 is 2.79 bits per heavy atom. The molecule has 2 amide bonds. The van der Waals surface area contributed by atoms with Crippen LogP contribution < -0.4 is 21.3 Å². The summed E-state index contributed by atoms with van der Waals surface area (Å²) in [6.07, 6.45) is 13.3. The molecule has 4 rings (SSSR count). The third-order valence-electron chi connectivity index (χ3n) is 6.11. The van der Waals surface area contributed by atoms with Gasteiger partial charge in [0.2, 0.25) is 11.9 Å². The molecule has 1 aliphatic rings. The zero-order valence-electron chi connectivity index (χ0n) is 23.0. The molecule has 0 saturated heterocycles. The van der Waals surface area contributed by atoms with Gasteiger partial charge in [0.05, 0.1) is 17.6 Å². The molecule has 0 aliphatic heterocycles. The van der Waals surface area contributed by atoms with Gasteiger partial charge in [-0.15, -0.1) is 0 Å². The monoisotopic (exact) mass is 585 g/mol. The van der Waals surface area contributed by atoms with E-state index in [1.165, 1.54) is 12.3 Å². The molecule has 0 bridgehead atoms. The minimum Gasteiger partial charge on any atom is -0.446 e. The van der Waals surface area contributed by atoms with Crippen molar-refractivity contribution < 1.29 is 14.3 Å². The van der Waals surface area contributed by atoms with E-state index in [4.69, 9.17) is 16.3 Å². The molecule has 2 aromatic heterocycles. The van der Waals surface area contributed by atoms with Crippen LogP contribution in [0.2, 0.25) is 5.02 Å². The molecule has 4 N–H and O–H groups in total. The topological polar surface area (TPSA) is 130 Å². The normalized spacial score (nSPS) is 15.0. The van der Waals surface area contributed by atoms with Crippen molar-refractivity contribution in [1.29, 1.82) is 0 Å². The van der Waals surface area contributed by atoms with Crippen molar-refractivity contribution in [3.8, 4) is 11.8 Å². The van der Waals surface area contributed by atoms with Crippen LogP contribution in [0.15, 0.2) is 73.6 Å². The average Bonchev–Trinajstić information content (AvgIpc) is 2.97. The highest BCUT2D eigenvalue weighted by Gasteiger charge is 2.14. The SMILES string of the molecule is C=CC(=O)Nc1ccccc1Nc1nc(Nc2ccnc(C#CCCNC(=O)OC3CC/C=C/CCC3)c2)ncc1Cl. The van der Waals surface area contributed by atoms with Gasteiger partial charge in [0, 0.05) is 24.8 Å². The molecule has 11 heteroatoms. The molecular formula is C31H32ClN7O3. The van der Waals surface area contributed by atoms with E-state index in [0.29, 0.717) is 52.5 Å². The minimum atomic E-state index is -0.405. The summed E-state index contributed by atoms with van der Waals surface area (Å²) in [4.78, 5) is 36.9. The number of carbonyl (C=O) groups excluding carboxylic acids is 2. The molecule has 2 heterocycles. The average molecular weight is 586 g/mol. The first-order valence-corrected chi connectivity index (χ1v) is 14.0. The highest BCUT2D eigenvalue weighted by Crippen LogP contribution is 2.29. The first kappa shape index (κ1) is 30.1. The lowest BCUT2D eigenvalue weighted by Crippen LogP contribution is -2.29. The molecule has 1 aromatic carbocycles. The van der Waals surface area contributed by atoms with Crippen LogP contribution in [0.3, 0.4) is 0 Å². The van der Waals surface area contributed by atoms with Crippen molar-refractivity contribution in [2.45, 2.75) is 44.6 Å². The fraction of sp³-hybridized carbons (Fsp3) is 0.258. The Bertz CT molecular complexity index is 1500. The number of pyridine rings is 1. The van der Waals surface area contributed by atoms with E-state index in [2.05, 4.69) is 66.8 Å². The number of benzene rings is 1. The summed E-state index contributed by atoms with van der Waals surface area (Å²) in [6, 6.07) is 10.7. The van der Waals surface area contributed by atoms with Gasteiger partial charge in [0.15, 0.2) is 5.82 Å². The zero-order chi connectivity index (χ0) is 29.6. The second-order valence-electron chi connectivity index (χ2n) is 9.29. The van der Waals surface area contributed by atoms with Crippen LogP contribution in [0.1, 0.15) is 44.2 Å². The van der Waals surface area contributed by atoms with Gasteiger partial charge in [-0.3, -0.25) is 4.79 Å². The van der Waals surface area contributed by atoms with Crippen LogP contribution in [-0.2, 0) is 9.53 Å². The van der Waals surface area contributed by atoms with Crippen LogP contribution in [0, 0.1) is 11.8 Å². The highest BCUT2D eigenvalue weighted by molar-refractivity contribution is 6.33. The summed E-state index contributed by atoms with van der Waals surface area (Å²) >= 11 is 6.34. The maximum absolute atomic E-state index is 12.1. The number of hydrogen-bond donors (Lipinski definition) is 4. The number of amides is 2. The molecule has 0 saturated carbocycles. The van der Waals surface area contributed by atoms with Crippen LogP contribution >= 0.6 is 11.6 Å². The van der Waals surface area contributed by atoms with Gasteiger partial charge in [-0.25, -0.2) is 14.8 Å². The maximum atomic E-state index is 12.1. The summed E-state index contributed by atoms with van der Waals surface area (Å²) < 4.78 is 5.54. The number of anilines is 5. The maximum Gasteiger partial charge on any atom is 0.407 e. The molecule has 0 radical (unpaired) electrons. The molecule has 0 fully saturated rings. The number of allylic oxidation sites excluding steroid dienone is 2. The summed E-state index contributed by atoms with van der Waals surface area (Å²) in [6.45, 7) is 3.86. The lowest BCUT2D eigenvalue weighted by molar-refractivity contribution is -0.111. The smallest absolute Gasteiger partial charge is 0.407 e. The molecule has 3 aromatic rings. The molecule has 0 spiro atoms. The van der Waals surface area contributed by atoms with Gasteiger partial charge in [-0.05, 0) is 68.4 Å². The Kier molecular flexibility index (Phi) is 11.3. The second-order valence-corrected chi connectivity index (χ2v) is 9.70. The predicted molar refractivity (Wildman–Crippen MR) is 165 cm³/mol. The number of alkyl carbamates (subject to hydrolysis) is 1. The largest absolute Gasteiger partial charge is 0.446 e. The fourth-order valence-corrected chi connectivity index (χ4v) is 4.19. The van der Waals surface area contributed by atoms with Crippen molar-refractivity contribution in [1.82, 2.24) is 20.3 Å². The van der Waals surface area contributed by atoms with Crippen molar-refractivity contribution in [3.05, 3.63) is 84.3 Å². The summed E-state index contributed by atoms with van der Waals surface area (Å²) in [7, 11) is 0. The van der Waals surface area contributed by atoms with E-state index < -0.39 is 6.09 Å². The Morgan fingerprint density at radius 1 is 1.10 bits per heavy atom. The Labute approximate surface area is 250 Å². The predicted octanol–water partition coefficient (Wildman–Crippen LogP) is 6.49. The number of hydrogen-bond acceptors (Lipinski definition) is 8. The van der Waals surface area contributed by atoms with Gasteiger partial charge < -0.3 is 26.0 Å². The molecule has 216 valence electrons. The Balaban J connectivity index is 1.31. The second kappa shape index (κ2) is 15.8. The number of rotatable bonds is 9. The van der Waals surface area contributed by atoms with E-state index in [1.54, 1.807) is 36.5 Å². The number of aromatic nitrogens is 3. The van der Waals surface area contributed by atoms with Crippen LogP contribution in [-0.4, -0.2) is 39.6 Å². The van der Waals surface area contributed by atoms with E-state index in [0.717, 1.165) is 32.1 Å². The van der Waals surface area contributed by atoms with Gasteiger partial charge in [-0.1, -0.05) is 48.4 Å². The van der Waals surface area contributed by atoms with E-state index in [1.807, 2.05) is 6.07 Å². The summed E-state index contributed by atoms with van der Waals surface area (Å²) in [5.41, 5.74) is 2.37. The molecule has 1 unspecified atom stereocenters.